The number of nitrogens with one attached hydrogen (secondary N) is 1. The molecule has 3 aromatic rings. The second-order valence-corrected chi connectivity index (χ2v) is 10.5. The Balaban J connectivity index is 1.18. The number of para-hydroxylation sites is 1. The number of rotatable bonds is 4. The summed E-state index contributed by atoms with van der Waals surface area (Å²) in [6, 6.07) is 11.4. The molecule has 3 aliphatic rings. The molecule has 35 heavy (non-hydrogen) atoms. The zero-order valence-corrected chi connectivity index (χ0v) is 20.2. The Kier molecular flexibility index (Phi) is 5.34. The van der Waals surface area contributed by atoms with Gasteiger partial charge in [-0.3, -0.25) is 14.6 Å². The van der Waals surface area contributed by atoms with Gasteiger partial charge in [0.15, 0.2) is 17.3 Å². The minimum Gasteiger partial charge on any atom is -0.454 e. The van der Waals surface area contributed by atoms with E-state index in [1.165, 1.54) is 17.3 Å². The van der Waals surface area contributed by atoms with E-state index in [0.29, 0.717) is 22.3 Å². The summed E-state index contributed by atoms with van der Waals surface area (Å²) in [6.45, 7) is 3.27. The molecule has 9 heteroatoms. The minimum atomic E-state index is -0.187. The van der Waals surface area contributed by atoms with Crippen LogP contribution in [0.5, 0.6) is 11.5 Å². The van der Waals surface area contributed by atoms with Crippen LogP contribution < -0.4 is 25.7 Å². The van der Waals surface area contributed by atoms with Gasteiger partial charge >= 0.3 is 0 Å². The van der Waals surface area contributed by atoms with Crippen LogP contribution >= 0.6 is 11.8 Å². The molecular formula is C26H26N4O4S. The first-order chi connectivity index (χ1) is 16.9. The lowest BCUT2D eigenvalue weighted by atomic mass is 9.73. The van der Waals surface area contributed by atoms with Gasteiger partial charge in [0.05, 0.1) is 16.0 Å². The first-order valence-corrected chi connectivity index (χ1v) is 12.6. The summed E-state index contributed by atoms with van der Waals surface area (Å²) >= 11 is 1.31. The Morgan fingerprint density at radius 3 is 2.74 bits per heavy atom. The van der Waals surface area contributed by atoms with Crippen LogP contribution in [0.2, 0.25) is 0 Å². The Morgan fingerprint density at radius 2 is 1.97 bits per heavy atom. The number of piperidine rings is 1. The van der Waals surface area contributed by atoms with Crippen LogP contribution in [0.1, 0.15) is 47.3 Å². The lowest BCUT2D eigenvalue weighted by Gasteiger charge is -2.42. The third kappa shape index (κ3) is 3.70. The number of ketones is 1. The second-order valence-electron chi connectivity index (χ2n) is 9.43. The SMILES string of the molecule is CC(=O)c1cccc2c1[C@@H](N)C1(CCN(c3ncc(Sc4cccc5c4OCO5)c(=O)[nH]3)CC1)C2. The van der Waals surface area contributed by atoms with E-state index in [1.807, 2.05) is 30.3 Å². The number of H-pyrrole nitrogens is 1. The van der Waals surface area contributed by atoms with Crippen LogP contribution in [0, 0.1) is 5.41 Å². The highest BCUT2D eigenvalue weighted by Crippen LogP contribution is 2.52. The number of benzene rings is 2. The van der Waals surface area contributed by atoms with E-state index in [9.17, 15) is 9.59 Å². The molecule has 6 rings (SSSR count). The number of nitrogens with zero attached hydrogens (tertiary/aromatic N) is 2. The molecule has 1 atom stereocenters. The van der Waals surface area contributed by atoms with E-state index in [1.54, 1.807) is 13.1 Å². The quantitative estimate of drug-likeness (QED) is 0.533. The van der Waals surface area contributed by atoms with E-state index in [4.69, 9.17) is 15.2 Å². The third-order valence-electron chi connectivity index (χ3n) is 7.48. The van der Waals surface area contributed by atoms with E-state index >= 15 is 0 Å². The summed E-state index contributed by atoms with van der Waals surface area (Å²) in [5.74, 6) is 1.97. The molecule has 0 radical (unpaired) electrons. The summed E-state index contributed by atoms with van der Waals surface area (Å²) in [4.78, 5) is 36.0. The van der Waals surface area contributed by atoms with Gasteiger partial charge in [0, 0.05) is 24.7 Å². The standard InChI is InChI=1S/C26H26N4O4S/c1-15(31)17-5-2-4-16-12-26(23(27)21(16)17)8-10-30(11-9-26)25-28-13-20(24(32)29-25)35-19-7-3-6-18-22(19)34-14-33-18/h2-7,13,23H,8-12,14,27H2,1H3,(H,28,29,32)/t23-/m1/s1. The summed E-state index contributed by atoms with van der Waals surface area (Å²) in [6.07, 6.45) is 4.24. The van der Waals surface area contributed by atoms with Gasteiger partial charge in [-0.05, 0) is 54.9 Å². The first-order valence-electron chi connectivity index (χ1n) is 11.7. The van der Waals surface area contributed by atoms with E-state index in [-0.39, 0.29) is 29.6 Å². The molecule has 0 unspecified atom stereocenters. The molecule has 8 nitrogen and oxygen atoms in total. The zero-order valence-electron chi connectivity index (χ0n) is 19.4. The summed E-state index contributed by atoms with van der Waals surface area (Å²) in [5.41, 5.74) is 9.46. The molecule has 1 saturated heterocycles. The normalized spacial score (nSPS) is 19.7. The van der Waals surface area contributed by atoms with Crippen molar-refractivity contribution < 1.29 is 14.3 Å². The van der Waals surface area contributed by atoms with Crippen molar-refractivity contribution in [2.75, 3.05) is 24.8 Å². The fraction of sp³-hybridized carbons (Fsp3) is 0.346. The number of nitrogens with two attached hydrogens (primary N) is 1. The van der Waals surface area contributed by atoms with Gasteiger partial charge < -0.3 is 20.1 Å². The van der Waals surface area contributed by atoms with Gasteiger partial charge in [-0.15, -0.1) is 0 Å². The topological polar surface area (TPSA) is 111 Å². The maximum absolute atomic E-state index is 12.9. The highest BCUT2D eigenvalue weighted by molar-refractivity contribution is 7.99. The monoisotopic (exact) mass is 490 g/mol. The van der Waals surface area contributed by atoms with Crippen molar-refractivity contribution in [1.29, 1.82) is 0 Å². The molecule has 3 heterocycles. The number of Topliss-reactive ketones (excluding diaryl/α,β-unsaturated/α-hetero) is 1. The number of fused-ring (bicyclic) bond motifs is 2. The average Bonchev–Trinajstić information content (AvgIpc) is 3.44. The average molecular weight is 491 g/mol. The second kappa shape index (κ2) is 8.42. The summed E-state index contributed by atoms with van der Waals surface area (Å²) in [7, 11) is 0. The maximum Gasteiger partial charge on any atom is 0.266 e. The minimum absolute atomic E-state index is 0.0612. The van der Waals surface area contributed by atoms with Crippen LogP contribution in [0.3, 0.4) is 0 Å². The molecular weight excluding hydrogens is 464 g/mol. The predicted octanol–water partition coefficient (Wildman–Crippen LogP) is 3.70. The number of aromatic amines is 1. The lowest BCUT2D eigenvalue weighted by molar-refractivity contribution is 0.101. The van der Waals surface area contributed by atoms with E-state index in [0.717, 1.165) is 48.4 Å². The molecule has 1 aromatic heterocycles. The number of hydrogen-bond donors (Lipinski definition) is 2. The largest absolute Gasteiger partial charge is 0.454 e. The van der Waals surface area contributed by atoms with Crippen molar-refractivity contribution in [3.05, 3.63) is 69.6 Å². The molecule has 0 amide bonds. The number of aromatic nitrogens is 2. The highest BCUT2D eigenvalue weighted by Gasteiger charge is 2.47. The molecule has 1 fully saturated rings. The Hall–Kier alpha value is -3.30. The fourth-order valence-corrected chi connectivity index (χ4v) is 6.48. The van der Waals surface area contributed by atoms with Gasteiger partial charge in [0.25, 0.3) is 5.56 Å². The molecule has 0 saturated carbocycles. The fourth-order valence-electron chi connectivity index (χ4n) is 5.60. The first kappa shape index (κ1) is 22.2. The van der Waals surface area contributed by atoms with Gasteiger partial charge in [-0.1, -0.05) is 36.0 Å². The Morgan fingerprint density at radius 1 is 1.17 bits per heavy atom. The third-order valence-corrected chi connectivity index (χ3v) is 8.53. The zero-order chi connectivity index (χ0) is 24.2. The van der Waals surface area contributed by atoms with Crippen LogP contribution in [0.4, 0.5) is 5.95 Å². The lowest BCUT2D eigenvalue weighted by Crippen LogP contribution is -2.45. The van der Waals surface area contributed by atoms with Gasteiger partial charge in [-0.25, -0.2) is 4.98 Å². The Labute approximate surface area is 206 Å². The summed E-state index contributed by atoms with van der Waals surface area (Å²) in [5, 5.41) is 0. The molecule has 1 aliphatic carbocycles. The Bertz CT molecular complexity index is 1380. The molecule has 3 N–H and O–H groups in total. The number of carbonyl (C=O) groups is 1. The number of hydrogen-bond acceptors (Lipinski definition) is 8. The van der Waals surface area contributed by atoms with Crippen LogP contribution in [0.25, 0.3) is 0 Å². The van der Waals surface area contributed by atoms with Crippen molar-refractivity contribution in [3.8, 4) is 11.5 Å². The smallest absolute Gasteiger partial charge is 0.266 e. The molecule has 1 spiro atoms. The van der Waals surface area contributed by atoms with Gasteiger partial charge in [-0.2, -0.15) is 0 Å². The van der Waals surface area contributed by atoms with Crippen LogP contribution in [-0.4, -0.2) is 35.6 Å². The van der Waals surface area contributed by atoms with Crippen molar-refractivity contribution in [3.63, 3.8) is 0 Å². The van der Waals surface area contributed by atoms with Crippen molar-refractivity contribution >= 4 is 23.5 Å². The number of anilines is 1. The van der Waals surface area contributed by atoms with Gasteiger partial charge in [0.2, 0.25) is 12.7 Å². The van der Waals surface area contributed by atoms with Crippen molar-refractivity contribution in [2.24, 2.45) is 11.1 Å². The molecule has 0 bridgehead atoms. The van der Waals surface area contributed by atoms with Crippen LogP contribution in [0.15, 0.2) is 57.2 Å². The molecule has 2 aromatic carbocycles. The molecule has 2 aliphatic heterocycles. The maximum atomic E-state index is 12.9. The van der Waals surface area contributed by atoms with E-state index < -0.39 is 0 Å². The van der Waals surface area contributed by atoms with Crippen LogP contribution in [-0.2, 0) is 6.42 Å². The molecule has 180 valence electrons. The number of carbonyl (C=O) groups excluding carboxylic acids is 1. The number of ether oxygens (including phenoxy) is 2. The van der Waals surface area contributed by atoms with Crippen molar-refractivity contribution in [1.82, 2.24) is 9.97 Å². The predicted molar refractivity (Wildman–Crippen MR) is 133 cm³/mol. The van der Waals surface area contributed by atoms with Crippen molar-refractivity contribution in [2.45, 2.75) is 42.0 Å². The highest BCUT2D eigenvalue weighted by atomic mass is 32.2. The summed E-state index contributed by atoms with van der Waals surface area (Å²) < 4.78 is 11.0. The van der Waals surface area contributed by atoms with Gasteiger partial charge in [0.1, 0.15) is 0 Å². The van der Waals surface area contributed by atoms with E-state index in [2.05, 4.69) is 20.9 Å².